The van der Waals surface area contributed by atoms with Crippen LogP contribution in [0, 0.1) is 0 Å². The van der Waals surface area contributed by atoms with Crippen molar-refractivity contribution >= 4 is 5.91 Å². The van der Waals surface area contributed by atoms with E-state index in [1.54, 1.807) is 6.92 Å². The zero-order valence-corrected chi connectivity index (χ0v) is 15.3. The second-order valence-electron chi connectivity index (χ2n) is 7.18. The Kier molecular flexibility index (Phi) is 5.87. The number of carbonyl (C=O) groups is 1. The smallest absolute Gasteiger partial charge is 0.217 e. The number of nitrogens with one attached hydrogen (secondary N) is 1. The van der Waals surface area contributed by atoms with Gasteiger partial charge in [-0.25, -0.2) is 0 Å². The van der Waals surface area contributed by atoms with Crippen molar-refractivity contribution in [3.8, 4) is 11.1 Å². The van der Waals surface area contributed by atoms with E-state index in [1.807, 2.05) is 6.92 Å². The van der Waals surface area contributed by atoms with Crippen LogP contribution in [0.1, 0.15) is 37.8 Å². The van der Waals surface area contributed by atoms with Crippen molar-refractivity contribution in [1.29, 1.82) is 0 Å². The Morgan fingerprint density at radius 3 is 2.00 bits per heavy atom. The number of hydrogen-bond acceptors (Lipinski definition) is 2. The highest BCUT2D eigenvalue weighted by Crippen LogP contribution is 2.22. The first-order valence-corrected chi connectivity index (χ1v) is 9.28. The van der Waals surface area contributed by atoms with Gasteiger partial charge in [-0.3, -0.25) is 9.69 Å². The summed E-state index contributed by atoms with van der Waals surface area (Å²) >= 11 is 0. The van der Waals surface area contributed by atoms with Crippen LogP contribution < -0.4 is 5.32 Å². The summed E-state index contributed by atoms with van der Waals surface area (Å²) in [6, 6.07) is 17.8. The summed E-state index contributed by atoms with van der Waals surface area (Å²) in [7, 11) is 0. The molecule has 2 aromatic rings. The molecule has 1 N–H and O–H groups in total. The molecule has 1 heterocycles. The largest absolute Gasteiger partial charge is 0.354 e. The standard InChI is InChI=1S/C22H28N2O/c1-17(23-18(2)25)15-19-5-9-21(10-6-19)22-11-7-20(8-12-22)16-24-13-3-4-14-24/h5-12,17H,3-4,13-16H2,1-2H3,(H,23,25). The maximum absolute atomic E-state index is 11.1. The van der Waals surface area contributed by atoms with Crippen molar-refractivity contribution in [2.75, 3.05) is 13.1 Å². The van der Waals surface area contributed by atoms with Gasteiger partial charge in [-0.05, 0) is 61.5 Å². The number of amides is 1. The fourth-order valence-electron chi connectivity index (χ4n) is 3.59. The minimum Gasteiger partial charge on any atom is -0.354 e. The molecule has 1 amide bonds. The van der Waals surface area contributed by atoms with Crippen molar-refractivity contribution in [2.45, 2.75) is 45.7 Å². The first-order chi connectivity index (χ1) is 12.1. The molecular formula is C22H28N2O. The molecule has 3 heteroatoms. The lowest BCUT2D eigenvalue weighted by Gasteiger charge is -2.15. The number of rotatable bonds is 6. The zero-order valence-electron chi connectivity index (χ0n) is 15.3. The van der Waals surface area contributed by atoms with Crippen LogP contribution in [0.2, 0.25) is 0 Å². The molecule has 2 aromatic carbocycles. The predicted molar refractivity (Wildman–Crippen MR) is 103 cm³/mol. The van der Waals surface area contributed by atoms with Gasteiger partial charge < -0.3 is 5.32 Å². The summed E-state index contributed by atoms with van der Waals surface area (Å²) in [6.07, 6.45) is 3.53. The summed E-state index contributed by atoms with van der Waals surface area (Å²) in [5, 5.41) is 2.93. The number of likely N-dealkylation sites (tertiary alicyclic amines) is 1. The summed E-state index contributed by atoms with van der Waals surface area (Å²) < 4.78 is 0. The van der Waals surface area contributed by atoms with Gasteiger partial charge >= 0.3 is 0 Å². The summed E-state index contributed by atoms with van der Waals surface area (Å²) in [5.41, 5.74) is 5.14. The topological polar surface area (TPSA) is 32.3 Å². The van der Waals surface area contributed by atoms with Crippen LogP contribution in [0.5, 0.6) is 0 Å². The monoisotopic (exact) mass is 336 g/mol. The predicted octanol–water partition coefficient (Wildman–Crippen LogP) is 4.02. The third kappa shape index (κ3) is 5.17. The Labute approximate surface area is 151 Å². The SMILES string of the molecule is CC(=O)NC(C)Cc1ccc(-c2ccc(CN3CCCC3)cc2)cc1. The van der Waals surface area contributed by atoms with Gasteiger partial charge in [-0.1, -0.05) is 48.5 Å². The Hall–Kier alpha value is -2.13. The number of benzene rings is 2. The van der Waals surface area contributed by atoms with Crippen molar-refractivity contribution in [3.63, 3.8) is 0 Å². The van der Waals surface area contributed by atoms with Gasteiger partial charge in [0.05, 0.1) is 0 Å². The van der Waals surface area contributed by atoms with E-state index in [0.29, 0.717) is 0 Å². The van der Waals surface area contributed by atoms with Crippen LogP contribution in [0.4, 0.5) is 0 Å². The molecule has 0 spiro atoms. The van der Waals surface area contributed by atoms with E-state index < -0.39 is 0 Å². The maximum atomic E-state index is 11.1. The molecule has 1 aliphatic heterocycles. The van der Waals surface area contributed by atoms with Crippen LogP contribution in [0.3, 0.4) is 0 Å². The number of nitrogens with zero attached hydrogens (tertiary/aromatic N) is 1. The highest BCUT2D eigenvalue weighted by molar-refractivity contribution is 5.73. The maximum Gasteiger partial charge on any atom is 0.217 e. The van der Waals surface area contributed by atoms with Crippen LogP contribution in [-0.2, 0) is 17.8 Å². The van der Waals surface area contributed by atoms with Crippen LogP contribution in [0.15, 0.2) is 48.5 Å². The van der Waals surface area contributed by atoms with E-state index in [9.17, 15) is 4.79 Å². The van der Waals surface area contributed by atoms with Gasteiger partial charge in [0.25, 0.3) is 0 Å². The highest BCUT2D eigenvalue weighted by Gasteiger charge is 2.11. The van der Waals surface area contributed by atoms with Gasteiger partial charge in [0.15, 0.2) is 0 Å². The molecule has 132 valence electrons. The van der Waals surface area contributed by atoms with Crippen molar-refractivity contribution in [1.82, 2.24) is 10.2 Å². The number of hydrogen-bond donors (Lipinski definition) is 1. The van der Waals surface area contributed by atoms with Crippen LogP contribution in [0.25, 0.3) is 11.1 Å². The second-order valence-corrected chi connectivity index (χ2v) is 7.18. The summed E-state index contributed by atoms with van der Waals surface area (Å²) in [5.74, 6) is 0.0261. The lowest BCUT2D eigenvalue weighted by atomic mass is 10.00. The zero-order chi connectivity index (χ0) is 17.6. The van der Waals surface area contributed by atoms with Crippen molar-refractivity contribution in [2.24, 2.45) is 0 Å². The molecule has 1 atom stereocenters. The van der Waals surface area contributed by atoms with Crippen LogP contribution in [-0.4, -0.2) is 29.9 Å². The van der Waals surface area contributed by atoms with Crippen LogP contribution >= 0.6 is 0 Å². The Balaban J connectivity index is 1.60. The number of carbonyl (C=O) groups excluding carboxylic acids is 1. The minimum atomic E-state index is 0.0261. The lowest BCUT2D eigenvalue weighted by molar-refractivity contribution is -0.119. The van der Waals surface area contributed by atoms with E-state index in [-0.39, 0.29) is 11.9 Å². The van der Waals surface area contributed by atoms with Gasteiger partial charge in [-0.15, -0.1) is 0 Å². The molecule has 0 saturated carbocycles. The molecule has 3 nitrogen and oxygen atoms in total. The van der Waals surface area contributed by atoms with E-state index in [0.717, 1.165) is 13.0 Å². The quantitative estimate of drug-likeness (QED) is 0.864. The van der Waals surface area contributed by atoms with Gasteiger partial charge in [-0.2, -0.15) is 0 Å². The van der Waals surface area contributed by atoms with E-state index in [2.05, 4.69) is 58.7 Å². The Bertz CT molecular complexity index is 685. The van der Waals surface area contributed by atoms with E-state index in [1.165, 1.54) is 48.2 Å². The minimum absolute atomic E-state index is 0.0261. The van der Waals surface area contributed by atoms with E-state index in [4.69, 9.17) is 0 Å². The summed E-state index contributed by atoms with van der Waals surface area (Å²) in [4.78, 5) is 13.6. The molecule has 3 rings (SSSR count). The Morgan fingerprint density at radius 1 is 0.960 bits per heavy atom. The molecule has 1 aliphatic rings. The third-order valence-corrected chi connectivity index (χ3v) is 4.84. The molecule has 1 unspecified atom stereocenters. The Morgan fingerprint density at radius 2 is 1.48 bits per heavy atom. The first kappa shape index (κ1) is 17.7. The van der Waals surface area contributed by atoms with Crippen molar-refractivity contribution < 1.29 is 4.79 Å². The average Bonchev–Trinajstić information content (AvgIpc) is 3.08. The van der Waals surface area contributed by atoms with Gasteiger partial charge in [0.1, 0.15) is 0 Å². The van der Waals surface area contributed by atoms with Gasteiger partial charge in [0.2, 0.25) is 5.91 Å². The molecule has 1 fully saturated rings. The molecule has 0 bridgehead atoms. The van der Waals surface area contributed by atoms with E-state index >= 15 is 0 Å². The third-order valence-electron chi connectivity index (χ3n) is 4.84. The fraction of sp³-hybridized carbons (Fsp3) is 0.409. The summed E-state index contributed by atoms with van der Waals surface area (Å²) in [6.45, 7) is 7.14. The molecule has 0 aliphatic carbocycles. The molecule has 25 heavy (non-hydrogen) atoms. The fourth-order valence-corrected chi connectivity index (χ4v) is 3.59. The molecule has 0 radical (unpaired) electrons. The second kappa shape index (κ2) is 8.30. The average molecular weight is 336 g/mol. The molecular weight excluding hydrogens is 308 g/mol. The normalized spacial score (nSPS) is 15.9. The van der Waals surface area contributed by atoms with Gasteiger partial charge in [0, 0.05) is 19.5 Å². The highest BCUT2D eigenvalue weighted by atomic mass is 16.1. The molecule has 0 aromatic heterocycles. The first-order valence-electron chi connectivity index (χ1n) is 9.28. The lowest BCUT2D eigenvalue weighted by Crippen LogP contribution is -2.31. The molecule has 1 saturated heterocycles. The van der Waals surface area contributed by atoms with Crippen molar-refractivity contribution in [3.05, 3.63) is 59.7 Å².